The Hall–Kier alpha value is -4.28. The van der Waals surface area contributed by atoms with E-state index in [9.17, 15) is 10.1 Å². The van der Waals surface area contributed by atoms with Crippen LogP contribution >= 0.6 is 0 Å². The van der Waals surface area contributed by atoms with Crippen molar-refractivity contribution < 1.29 is 13.9 Å². The molecule has 4 aliphatic rings. The smallest absolute Gasteiger partial charge is 0.254 e. The number of rotatable bonds is 10. The number of hydrogen-bond donors (Lipinski definition) is 2. The summed E-state index contributed by atoms with van der Waals surface area (Å²) in [5.74, 6) is 1.08. The van der Waals surface area contributed by atoms with Gasteiger partial charge in [-0.3, -0.25) is 14.3 Å². The summed E-state index contributed by atoms with van der Waals surface area (Å²) in [5, 5.41) is 15.9. The minimum absolute atomic E-state index is 0.0168. The second kappa shape index (κ2) is 13.9. The largest absolute Gasteiger partial charge is 0.495 e. The van der Waals surface area contributed by atoms with Gasteiger partial charge in [-0.15, -0.1) is 0 Å². The van der Waals surface area contributed by atoms with Gasteiger partial charge in [-0.2, -0.15) is 10.2 Å². The monoisotopic (exact) mass is 670 g/mol. The lowest BCUT2D eigenvalue weighted by molar-refractivity contribution is 0.0693. The molecule has 2 saturated carbocycles. The van der Waals surface area contributed by atoms with Gasteiger partial charge in [-0.05, 0) is 70.8 Å². The average Bonchev–Trinajstić information content (AvgIpc) is 3.82. The summed E-state index contributed by atoms with van der Waals surface area (Å²) in [6.45, 7) is 12.0. The summed E-state index contributed by atoms with van der Waals surface area (Å²) in [6.07, 6.45) is 10.7. The van der Waals surface area contributed by atoms with Gasteiger partial charge >= 0.3 is 0 Å². The first-order valence-electron chi connectivity index (χ1n) is 17.8. The fraction of sp³-hybridized carbons (Fsp3) is 0.583. The van der Waals surface area contributed by atoms with Crippen molar-refractivity contribution in [2.45, 2.75) is 89.9 Å². The van der Waals surface area contributed by atoms with Gasteiger partial charge in [0, 0.05) is 56.9 Å². The molecule has 2 N–H and O–H groups in total. The highest BCUT2D eigenvalue weighted by Gasteiger charge is 2.37. The topological polar surface area (TPSA) is 127 Å². The van der Waals surface area contributed by atoms with Crippen LogP contribution in [-0.4, -0.2) is 93.2 Å². The van der Waals surface area contributed by atoms with Gasteiger partial charge in [-0.25, -0.2) is 14.4 Å². The van der Waals surface area contributed by atoms with Gasteiger partial charge in [0.15, 0.2) is 11.5 Å². The van der Waals surface area contributed by atoms with Crippen molar-refractivity contribution in [3.63, 3.8) is 0 Å². The number of hydrogen-bond acceptors (Lipinski definition) is 10. The maximum atomic E-state index is 15.6. The summed E-state index contributed by atoms with van der Waals surface area (Å²) < 4.78 is 23.1. The molecule has 49 heavy (non-hydrogen) atoms. The Kier molecular flexibility index (Phi) is 9.44. The van der Waals surface area contributed by atoms with Crippen molar-refractivity contribution in [3.05, 3.63) is 47.4 Å². The third kappa shape index (κ3) is 6.68. The van der Waals surface area contributed by atoms with E-state index < -0.39 is 11.7 Å². The lowest BCUT2D eigenvalue weighted by Crippen LogP contribution is -2.52. The average molecular weight is 671 g/mol. The van der Waals surface area contributed by atoms with E-state index in [2.05, 4.69) is 62.1 Å². The summed E-state index contributed by atoms with van der Waals surface area (Å²) in [6, 6.07) is 5.44. The van der Waals surface area contributed by atoms with Gasteiger partial charge in [0.2, 0.25) is 5.95 Å². The second-order valence-corrected chi connectivity index (χ2v) is 14.2. The van der Waals surface area contributed by atoms with E-state index in [-0.39, 0.29) is 29.6 Å². The van der Waals surface area contributed by atoms with E-state index in [1.54, 1.807) is 12.5 Å². The number of ether oxygens (including phenoxy) is 1. The minimum Gasteiger partial charge on any atom is -0.495 e. The highest BCUT2D eigenvalue weighted by Crippen LogP contribution is 2.42. The number of benzene rings is 1. The number of carbonyl (C=O) groups excluding carboxylic acids is 1. The zero-order chi connectivity index (χ0) is 34.2. The lowest BCUT2D eigenvalue weighted by atomic mass is 9.89. The third-order valence-electron chi connectivity index (χ3n) is 10.7. The number of anilines is 3. The van der Waals surface area contributed by atoms with Crippen LogP contribution in [0.1, 0.15) is 93.5 Å². The quantitative estimate of drug-likeness (QED) is 0.298. The molecule has 2 aliphatic carbocycles. The maximum absolute atomic E-state index is 15.6. The molecular formula is C36H47FN10O2. The number of piperazine rings is 1. The maximum Gasteiger partial charge on any atom is 0.254 e. The van der Waals surface area contributed by atoms with Gasteiger partial charge < -0.3 is 25.2 Å². The Balaban J connectivity index is 1.02. The number of fused-ring (bicyclic) bond motifs is 3. The first kappa shape index (κ1) is 33.2. The molecule has 0 bridgehead atoms. The molecule has 3 fully saturated rings. The van der Waals surface area contributed by atoms with Crippen LogP contribution in [0.15, 0.2) is 24.7 Å². The molecule has 13 heteroatoms. The van der Waals surface area contributed by atoms with E-state index in [1.807, 2.05) is 4.57 Å². The van der Waals surface area contributed by atoms with Gasteiger partial charge in [-0.1, -0.05) is 6.92 Å². The van der Waals surface area contributed by atoms with E-state index in [4.69, 9.17) is 9.72 Å². The van der Waals surface area contributed by atoms with Crippen molar-refractivity contribution in [2.75, 3.05) is 50.1 Å². The normalized spacial score (nSPS) is 22.7. The molecule has 260 valence electrons. The van der Waals surface area contributed by atoms with Crippen molar-refractivity contribution in [2.24, 2.45) is 5.92 Å². The molecule has 2 aliphatic heterocycles. The molecule has 0 spiro atoms. The molecule has 3 aromatic rings. The number of halogens is 1. The van der Waals surface area contributed by atoms with Crippen LogP contribution in [0.25, 0.3) is 5.69 Å². The number of nitriles is 1. The Morgan fingerprint density at radius 3 is 2.51 bits per heavy atom. The second-order valence-electron chi connectivity index (χ2n) is 14.2. The van der Waals surface area contributed by atoms with Gasteiger partial charge in [0.1, 0.15) is 29.7 Å². The number of imidazole rings is 1. The van der Waals surface area contributed by atoms with Crippen LogP contribution in [0, 0.1) is 23.1 Å². The number of amides is 1. The molecule has 7 rings (SSSR count). The Labute approximate surface area is 287 Å². The molecule has 4 heterocycles. The standard InChI is InChI=1S/C36H47FN10O2/c1-5-30-33-29(18-38)40-21-46(33)31-19-39-36(43-34(31)47(30)22(2)3)42-28-17-27(37)26(16-32(28)49-4)35(48)41-24-8-10-25(11-9-24)45-14-12-44(13-15-45)20-23-6-7-23/h16-17,19,21-25,30H,5-15,20H2,1-4H3,(H,41,48)(H,39,42,43)/t24?,25?,30-/m1/s1. The highest BCUT2D eigenvalue weighted by molar-refractivity contribution is 5.96. The Morgan fingerprint density at radius 1 is 1.10 bits per heavy atom. The van der Waals surface area contributed by atoms with Gasteiger partial charge in [0.05, 0.1) is 36.3 Å². The number of nitrogens with zero attached hydrogens (tertiary/aromatic N) is 8. The van der Waals surface area contributed by atoms with Crippen LogP contribution < -0.4 is 20.3 Å². The number of carbonyl (C=O) groups is 1. The van der Waals surface area contributed by atoms with Crippen LogP contribution in [0.5, 0.6) is 5.75 Å². The van der Waals surface area contributed by atoms with Crippen molar-refractivity contribution in [1.29, 1.82) is 5.26 Å². The predicted molar refractivity (Wildman–Crippen MR) is 185 cm³/mol. The fourth-order valence-corrected chi connectivity index (χ4v) is 7.95. The number of nitrogens with one attached hydrogen (secondary N) is 2. The summed E-state index contributed by atoms with van der Waals surface area (Å²) >= 11 is 0. The molecule has 1 saturated heterocycles. The molecule has 1 aromatic carbocycles. The molecule has 0 radical (unpaired) electrons. The van der Waals surface area contributed by atoms with Crippen LogP contribution in [0.2, 0.25) is 0 Å². The zero-order valence-electron chi connectivity index (χ0n) is 29.0. The third-order valence-corrected chi connectivity index (χ3v) is 10.7. The number of aromatic nitrogens is 4. The van der Waals surface area contributed by atoms with Crippen LogP contribution in [-0.2, 0) is 0 Å². The van der Waals surface area contributed by atoms with Crippen molar-refractivity contribution in [3.8, 4) is 17.5 Å². The first-order chi connectivity index (χ1) is 23.8. The summed E-state index contributed by atoms with van der Waals surface area (Å²) in [5.41, 5.74) is 2.16. The summed E-state index contributed by atoms with van der Waals surface area (Å²) in [7, 11) is 1.49. The molecule has 1 atom stereocenters. The molecule has 2 aromatic heterocycles. The number of methoxy groups -OCH3 is 1. The van der Waals surface area contributed by atoms with E-state index in [0.29, 0.717) is 34.7 Å². The minimum atomic E-state index is -0.654. The first-order valence-corrected chi connectivity index (χ1v) is 17.8. The van der Waals surface area contributed by atoms with E-state index >= 15 is 4.39 Å². The fourth-order valence-electron chi connectivity index (χ4n) is 7.95. The predicted octanol–water partition coefficient (Wildman–Crippen LogP) is 5.17. The van der Waals surface area contributed by atoms with Crippen LogP contribution in [0.3, 0.4) is 0 Å². The SMILES string of the molecule is CC[C@@H]1c2c(C#N)ncn2-c2cnc(Nc3cc(F)c(C(=O)NC4CCC(N5CCN(CC6CC6)CC5)CC4)cc3OC)nc2N1C(C)C. The Bertz CT molecular complexity index is 1720. The van der Waals surface area contributed by atoms with Crippen molar-refractivity contribution >= 4 is 23.4 Å². The molecular weight excluding hydrogens is 623 g/mol. The van der Waals surface area contributed by atoms with E-state index in [0.717, 1.165) is 69.9 Å². The molecule has 12 nitrogen and oxygen atoms in total. The highest BCUT2D eigenvalue weighted by atomic mass is 19.1. The summed E-state index contributed by atoms with van der Waals surface area (Å²) in [4.78, 5) is 34.4. The van der Waals surface area contributed by atoms with Crippen LogP contribution in [0.4, 0.5) is 21.8 Å². The molecule has 1 amide bonds. The molecule has 0 unspecified atom stereocenters. The van der Waals surface area contributed by atoms with Gasteiger partial charge in [0.25, 0.3) is 5.91 Å². The van der Waals surface area contributed by atoms with Crippen molar-refractivity contribution in [1.82, 2.24) is 34.6 Å². The Morgan fingerprint density at radius 2 is 1.86 bits per heavy atom. The lowest BCUT2D eigenvalue weighted by Gasteiger charge is -2.42. The van der Waals surface area contributed by atoms with E-state index in [1.165, 1.54) is 38.6 Å². The zero-order valence-corrected chi connectivity index (χ0v) is 29.0.